The lowest BCUT2D eigenvalue weighted by Crippen LogP contribution is -1.92. The Labute approximate surface area is 244 Å². The van der Waals surface area contributed by atoms with Gasteiger partial charge < -0.3 is 0 Å². The molecule has 0 spiro atoms. The van der Waals surface area contributed by atoms with Crippen LogP contribution < -0.4 is 0 Å². The quantitative estimate of drug-likeness (QED) is 0.258. The van der Waals surface area contributed by atoms with Crippen LogP contribution in [0, 0.1) is 27.7 Å². The zero-order valence-electron chi connectivity index (χ0n) is 27.0. The lowest BCUT2D eigenvalue weighted by Gasteiger charge is -2.06. The van der Waals surface area contributed by atoms with E-state index in [-0.39, 0.29) is 0 Å². The fourth-order valence-corrected chi connectivity index (χ4v) is 3.90. The van der Waals surface area contributed by atoms with Crippen molar-refractivity contribution >= 4 is 0 Å². The molecule has 0 unspecified atom stereocenters. The zero-order valence-corrected chi connectivity index (χ0v) is 27.0. The second kappa shape index (κ2) is 18.0. The molecular formula is C36H52N4. The lowest BCUT2D eigenvalue weighted by molar-refractivity contribution is 0.843. The van der Waals surface area contributed by atoms with E-state index < -0.39 is 0 Å². The van der Waals surface area contributed by atoms with Gasteiger partial charge in [-0.1, -0.05) is 73.6 Å². The number of hydrogen-bond acceptors (Lipinski definition) is 4. The summed E-state index contributed by atoms with van der Waals surface area (Å²) in [5.74, 6) is 2.36. The van der Waals surface area contributed by atoms with Crippen molar-refractivity contribution < 1.29 is 0 Å². The highest BCUT2D eigenvalue weighted by atomic mass is 14.7. The van der Waals surface area contributed by atoms with E-state index in [1.807, 2.05) is 50.2 Å². The third-order valence-corrected chi connectivity index (χ3v) is 6.54. The highest BCUT2D eigenvalue weighted by molar-refractivity contribution is 5.24. The molecule has 0 bridgehead atoms. The number of nitrogens with zero attached hydrogens (tertiary/aromatic N) is 4. The molecule has 0 saturated carbocycles. The molecule has 0 amide bonds. The Bertz CT molecular complexity index is 1190. The molecule has 0 N–H and O–H groups in total. The van der Waals surface area contributed by atoms with Gasteiger partial charge in [0.1, 0.15) is 0 Å². The van der Waals surface area contributed by atoms with Crippen molar-refractivity contribution in [3.63, 3.8) is 0 Å². The van der Waals surface area contributed by atoms with Crippen LogP contribution in [0.5, 0.6) is 0 Å². The summed E-state index contributed by atoms with van der Waals surface area (Å²) in [5.41, 5.74) is 10.1. The fraction of sp³-hybridized carbons (Fsp3) is 0.444. The molecule has 4 heteroatoms. The van der Waals surface area contributed by atoms with Crippen LogP contribution in [0.1, 0.15) is 124 Å². The molecule has 0 fully saturated rings. The maximum atomic E-state index is 4.20. The van der Waals surface area contributed by atoms with E-state index >= 15 is 0 Å². The Kier molecular flexibility index (Phi) is 15.6. The first-order valence-corrected chi connectivity index (χ1v) is 14.5. The van der Waals surface area contributed by atoms with Crippen molar-refractivity contribution in [2.24, 2.45) is 0 Å². The first-order valence-electron chi connectivity index (χ1n) is 14.5. The third kappa shape index (κ3) is 13.1. The molecule has 0 radical (unpaired) electrons. The van der Waals surface area contributed by atoms with Crippen LogP contribution in [-0.4, -0.2) is 19.9 Å². The molecule has 4 heterocycles. The second-order valence-electron chi connectivity index (χ2n) is 11.6. The molecule has 4 nitrogen and oxygen atoms in total. The molecule has 0 aliphatic carbocycles. The van der Waals surface area contributed by atoms with Gasteiger partial charge in [0.25, 0.3) is 0 Å². The molecular weight excluding hydrogens is 488 g/mol. The molecule has 4 aromatic rings. The predicted molar refractivity (Wildman–Crippen MR) is 172 cm³/mol. The minimum Gasteiger partial charge on any atom is -0.264 e. The first-order chi connectivity index (χ1) is 18.8. The van der Waals surface area contributed by atoms with Crippen molar-refractivity contribution in [2.45, 2.75) is 107 Å². The van der Waals surface area contributed by atoms with Gasteiger partial charge in [-0.25, -0.2) is 0 Å². The van der Waals surface area contributed by atoms with Crippen molar-refractivity contribution in [3.8, 4) is 0 Å². The van der Waals surface area contributed by atoms with E-state index in [1.165, 1.54) is 33.4 Å². The number of rotatable bonds is 4. The smallest absolute Gasteiger partial charge is 0.0407 e. The zero-order chi connectivity index (χ0) is 30.2. The molecule has 4 aromatic heterocycles. The van der Waals surface area contributed by atoms with Crippen LogP contribution >= 0.6 is 0 Å². The normalized spacial score (nSPS) is 10.4. The van der Waals surface area contributed by atoms with Crippen molar-refractivity contribution in [1.82, 2.24) is 19.9 Å². The summed E-state index contributed by atoms with van der Waals surface area (Å²) >= 11 is 0. The standard InChI is InChI=1S/4C9H13N/c1-7(2)9-4-8(3)5-10-6-9;1-7(2)9-6-10-5-4-8(9)3;1-7(2)9-5-4-8(3)10-6-9;1-7(2)9-5-4-6-10-8(9)3/h4*4-7H,1-3H3. The average Bonchev–Trinajstić information content (AvgIpc) is 2.90. The highest BCUT2D eigenvalue weighted by Crippen LogP contribution is 2.17. The largest absolute Gasteiger partial charge is 0.264 e. The lowest BCUT2D eigenvalue weighted by atomic mass is 10.0. The van der Waals surface area contributed by atoms with Gasteiger partial charge >= 0.3 is 0 Å². The predicted octanol–water partition coefficient (Wildman–Crippen LogP) is 10.1. The molecule has 0 aromatic carbocycles. The topological polar surface area (TPSA) is 51.6 Å². The third-order valence-electron chi connectivity index (χ3n) is 6.54. The number of aryl methyl sites for hydroxylation is 4. The van der Waals surface area contributed by atoms with Crippen LogP contribution in [0.25, 0.3) is 0 Å². The van der Waals surface area contributed by atoms with Crippen LogP contribution in [0.2, 0.25) is 0 Å². The Morgan fingerprint density at radius 2 is 1.18 bits per heavy atom. The Morgan fingerprint density at radius 1 is 0.525 bits per heavy atom. The highest BCUT2D eigenvalue weighted by Gasteiger charge is 2.02. The molecule has 4 rings (SSSR count). The minimum absolute atomic E-state index is 0.590. The van der Waals surface area contributed by atoms with Gasteiger partial charge in [0.2, 0.25) is 0 Å². The van der Waals surface area contributed by atoms with Crippen LogP contribution in [0.4, 0.5) is 0 Å². The van der Waals surface area contributed by atoms with Crippen LogP contribution in [-0.2, 0) is 0 Å². The van der Waals surface area contributed by atoms with Crippen molar-refractivity contribution in [1.29, 1.82) is 0 Å². The van der Waals surface area contributed by atoms with Gasteiger partial charge in [-0.3, -0.25) is 19.9 Å². The van der Waals surface area contributed by atoms with E-state index in [1.54, 1.807) is 0 Å². The summed E-state index contributed by atoms with van der Waals surface area (Å²) in [7, 11) is 0. The maximum absolute atomic E-state index is 4.20. The summed E-state index contributed by atoms with van der Waals surface area (Å²) in [6, 6.07) is 12.5. The molecule has 0 aliphatic heterocycles. The van der Waals surface area contributed by atoms with Crippen LogP contribution in [0.15, 0.2) is 73.6 Å². The molecule has 0 atom stereocenters. The van der Waals surface area contributed by atoms with E-state index in [9.17, 15) is 0 Å². The van der Waals surface area contributed by atoms with Gasteiger partial charge in [0.15, 0.2) is 0 Å². The minimum atomic E-state index is 0.590. The Hall–Kier alpha value is -3.40. The Balaban J connectivity index is 0.000000267. The SMILES string of the molecule is Cc1ccc(C(C)C)cn1.Cc1ccncc1C(C)C.Cc1cncc(C(C)C)c1.Cc1ncccc1C(C)C. The summed E-state index contributed by atoms with van der Waals surface area (Å²) in [4.78, 5) is 16.6. The first kappa shape index (κ1) is 34.6. The van der Waals surface area contributed by atoms with E-state index in [0.29, 0.717) is 23.7 Å². The summed E-state index contributed by atoms with van der Waals surface area (Å²) in [6.45, 7) is 25.7. The molecule has 0 aliphatic rings. The molecule has 0 saturated heterocycles. The number of aromatic nitrogens is 4. The van der Waals surface area contributed by atoms with Gasteiger partial charge in [-0.15, -0.1) is 0 Å². The van der Waals surface area contributed by atoms with Crippen molar-refractivity contribution in [2.75, 3.05) is 0 Å². The second-order valence-corrected chi connectivity index (χ2v) is 11.6. The summed E-state index contributed by atoms with van der Waals surface area (Å²) in [5, 5.41) is 0. The number of hydrogen-bond donors (Lipinski definition) is 0. The van der Waals surface area contributed by atoms with Gasteiger partial charge in [-0.05, 0) is 103 Å². The number of pyridine rings is 4. The molecule has 40 heavy (non-hydrogen) atoms. The van der Waals surface area contributed by atoms with E-state index in [2.05, 4.69) is 126 Å². The molecule has 216 valence electrons. The average molecular weight is 541 g/mol. The van der Waals surface area contributed by atoms with Gasteiger partial charge in [-0.2, -0.15) is 0 Å². The van der Waals surface area contributed by atoms with E-state index in [4.69, 9.17) is 0 Å². The van der Waals surface area contributed by atoms with Crippen LogP contribution in [0.3, 0.4) is 0 Å². The summed E-state index contributed by atoms with van der Waals surface area (Å²) in [6.07, 6.45) is 11.4. The van der Waals surface area contributed by atoms with Crippen molar-refractivity contribution in [3.05, 3.63) is 118 Å². The monoisotopic (exact) mass is 540 g/mol. The summed E-state index contributed by atoms with van der Waals surface area (Å²) < 4.78 is 0. The fourth-order valence-electron chi connectivity index (χ4n) is 3.90. The van der Waals surface area contributed by atoms with E-state index in [0.717, 1.165) is 11.4 Å². The van der Waals surface area contributed by atoms with Gasteiger partial charge in [0, 0.05) is 48.6 Å². The Morgan fingerprint density at radius 3 is 1.57 bits per heavy atom. The van der Waals surface area contributed by atoms with Gasteiger partial charge in [0.05, 0.1) is 0 Å². The maximum Gasteiger partial charge on any atom is 0.0407 e.